The Labute approximate surface area is 172 Å². The minimum atomic E-state index is 0.234. The molecule has 1 saturated carbocycles. The first kappa shape index (κ1) is 17.2. The molecule has 4 heterocycles. The number of ether oxygens (including phenoxy) is 1. The van der Waals surface area contributed by atoms with E-state index < -0.39 is 0 Å². The van der Waals surface area contributed by atoms with Gasteiger partial charge >= 0.3 is 0 Å². The van der Waals surface area contributed by atoms with E-state index in [1.54, 1.807) is 18.4 Å². The summed E-state index contributed by atoms with van der Waals surface area (Å²) in [5, 5.41) is 12.3. The predicted octanol–water partition coefficient (Wildman–Crippen LogP) is 4.41. The third-order valence-electron chi connectivity index (χ3n) is 5.83. The van der Waals surface area contributed by atoms with Crippen LogP contribution in [0.4, 0.5) is 17.6 Å². The Balaban J connectivity index is 1.45. The molecule has 29 heavy (non-hydrogen) atoms. The maximum atomic E-state index is 5.54. The molecule has 1 aliphatic carbocycles. The van der Waals surface area contributed by atoms with Gasteiger partial charge in [-0.2, -0.15) is 10.1 Å². The normalized spacial score (nSPS) is 19.5. The minimum Gasteiger partial charge on any atom is -0.380 e. The summed E-state index contributed by atoms with van der Waals surface area (Å²) in [7, 11) is 1.77. The standard InChI is InChI=1S/C21H22N6OS/c1-28-13-8-9-27(11-13)21-23-18-14-4-2-3-5-16(14)29-19(18)20(24-21)22-17-10-15(25-26-17)12-6-7-12/h2-5,10,12-13H,6-9,11H2,1H3,(H2,22,23,24,25,26)/t13-/m1/s1. The number of H-pyrrole nitrogens is 1. The number of nitrogens with one attached hydrogen (secondary N) is 2. The number of anilines is 3. The molecule has 0 unspecified atom stereocenters. The van der Waals surface area contributed by atoms with Gasteiger partial charge < -0.3 is 15.0 Å². The van der Waals surface area contributed by atoms with Crippen molar-refractivity contribution >= 4 is 49.2 Å². The molecule has 1 saturated heterocycles. The molecule has 2 N–H and O–H groups in total. The molecule has 2 fully saturated rings. The van der Waals surface area contributed by atoms with Crippen LogP contribution in [0.25, 0.3) is 20.3 Å². The van der Waals surface area contributed by atoms with Crippen LogP contribution in [0.2, 0.25) is 0 Å². The Hall–Kier alpha value is -2.71. The molecule has 3 aromatic heterocycles. The van der Waals surface area contributed by atoms with E-state index in [9.17, 15) is 0 Å². The van der Waals surface area contributed by atoms with Crippen LogP contribution >= 0.6 is 11.3 Å². The molecular weight excluding hydrogens is 384 g/mol. The Kier molecular flexibility index (Phi) is 3.95. The van der Waals surface area contributed by atoms with Crippen molar-refractivity contribution in [2.75, 3.05) is 30.4 Å². The molecule has 1 aromatic carbocycles. The molecule has 4 aromatic rings. The summed E-state index contributed by atoms with van der Waals surface area (Å²) in [4.78, 5) is 12.1. The highest BCUT2D eigenvalue weighted by Gasteiger charge is 2.27. The van der Waals surface area contributed by atoms with Gasteiger partial charge in [0.1, 0.15) is 0 Å². The fourth-order valence-electron chi connectivity index (χ4n) is 4.03. The molecule has 148 valence electrons. The Morgan fingerprint density at radius 2 is 2.10 bits per heavy atom. The largest absolute Gasteiger partial charge is 0.380 e. The molecule has 6 rings (SSSR count). The van der Waals surface area contributed by atoms with Gasteiger partial charge in [-0.05, 0) is 25.3 Å². The highest BCUT2D eigenvalue weighted by molar-refractivity contribution is 7.26. The summed E-state index contributed by atoms with van der Waals surface area (Å²) in [5.41, 5.74) is 2.20. The number of methoxy groups -OCH3 is 1. The first-order chi connectivity index (χ1) is 14.3. The average molecular weight is 407 g/mol. The maximum absolute atomic E-state index is 5.54. The van der Waals surface area contributed by atoms with Gasteiger partial charge in [0.05, 0.1) is 16.3 Å². The molecule has 0 amide bonds. The quantitative estimate of drug-likeness (QED) is 0.511. The molecule has 7 nitrogen and oxygen atoms in total. The summed E-state index contributed by atoms with van der Waals surface area (Å²) in [6.45, 7) is 1.72. The number of nitrogens with zero attached hydrogens (tertiary/aromatic N) is 4. The van der Waals surface area contributed by atoms with Crippen molar-refractivity contribution in [1.29, 1.82) is 0 Å². The van der Waals surface area contributed by atoms with Crippen LogP contribution in [0, 0.1) is 0 Å². The van der Waals surface area contributed by atoms with E-state index in [-0.39, 0.29) is 6.10 Å². The lowest BCUT2D eigenvalue weighted by molar-refractivity contribution is 0.121. The first-order valence-corrected chi connectivity index (χ1v) is 10.9. The second kappa shape index (κ2) is 6.67. The van der Waals surface area contributed by atoms with Gasteiger partial charge in [-0.1, -0.05) is 18.2 Å². The number of rotatable bonds is 5. The number of aromatic amines is 1. The highest BCUT2D eigenvalue weighted by atomic mass is 32.1. The third kappa shape index (κ3) is 3.03. The zero-order valence-corrected chi connectivity index (χ0v) is 17.0. The number of thiophene rings is 1. The van der Waals surface area contributed by atoms with E-state index in [1.165, 1.54) is 28.6 Å². The lowest BCUT2D eigenvalue weighted by atomic mass is 10.2. The SMILES string of the molecule is CO[C@@H]1CCN(c2nc(Nc3cc(C4CC4)[nH]n3)c3sc4ccccc4c3n2)C1. The first-order valence-electron chi connectivity index (χ1n) is 10.1. The summed E-state index contributed by atoms with van der Waals surface area (Å²) in [5.74, 6) is 3.02. The van der Waals surface area contributed by atoms with Crippen LogP contribution in [0.1, 0.15) is 30.9 Å². The second-order valence-electron chi connectivity index (χ2n) is 7.85. The fourth-order valence-corrected chi connectivity index (χ4v) is 5.12. The molecule has 1 aliphatic heterocycles. The summed E-state index contributed by atoms with van der Waals surface area (Å²) in [6, 6.07) is 10.5. The second-order valence-corrected chi connectivity index (χ2v) is 8.90. The van der Waals surface area contributed by atoms with Crippen molar-refractivity contribution in [3.05, 3.63) is 36.0 Å². The van der Waals surface area contributed by atoms with E-state index in [2.05, 4.69) is 50.7 Å². The van der Waals surface area contributed by atoms with Crippen molar-refractivity contribution in [2.45, 2.75) is 31.3 Å². The summed E-state index contributed by atoms with van der Waals surface area (Å²) < 4.78 is 7.82. The predicted molar refractivity (Wildman–Crippen MR) is 116 cm³/mol. The van der Waals surface area contributed by atoms with Crippen molar-refractivity contribution in [3.63, 3.8) is 0 Å². The van der Waals surface area contributed by atoms with Gasteiger partial charge in [-0.15, -0.1) is 11.3 Å². The van der Waals surface area contributed by atoms with E-state index in [0.29, 0.717) is 5.92 Å². The topological polar surface area (TPSA) is 79.0 Å². The summed E-state index contributed by atoms with van der Waals surface area (Å²) >= 11 is 1.72. The molecule has 1 atom stereocenters. The zero-order chi connectivity index (χ0) is 19.4. The van der Waals surface area contributed by atoms with Crippen molar-refractivity contribution < 1.29 is 4.74 Å². The molecular formula is C21H22N6OS. The van der Waals surface area contributed by atoms with E-state index in [4.69, 9.17) is 14.7 Å². The number of aromatic nitrogens is 4. The third-order valence-corrected chi connectivity index (χ3v) is 7.00. The number of fused-ring (bicyclic) bond motifs is 3. The van der Waals surface area contributed by atoms with Gasteiger partial charge in [0.15, 0.2) is 11.6 Å². The minimum absolute atomic E-state index is 0.234. The van der Waals surface area contributed by atoms with E-state index in [0.717, 1.165) is 47.3 Å². The van der Waals surface area contributed by atoms with Crippen LogP contribution in [-0.2, 0) is 4.74 Å². The molecule has 8 heteroatoms. The Bertz CT molecular complexity index is 1200. The molecule has 0 radical (unpaired) electrons. The van der Waals surface area contributed by atoms with Gasteiger partial charge in [0.2, 0.25) is 5.95 Å². The van der Waals surface area contributed by atoms with Crippen molar-refractivity contribution in [1.82, 2.24) is 20.2 Å². The van der Waals surface area contributed by atoms with Crippen LogP contribution in [0.5, 0.6) is 0 Å². The lowest BCUT2D eigenvalue weighted by Gasteiger charge is -2.17. The lowest BCUT2D eigenvalue weighted by Crippen LogP contribution is -2.24. The Morgan fingerprint density at radius 1 is 1.21 bits per heavy atom. The van der Waals surface area contributed by atoms with E-state index in [1.807, 2.05) is 0 Å². The molecule has 0 bridgehead atoms. The number of hydrogen-bond acceptors (Lipinski definition) is 7. The van der Waals surface area contributed by atoms with Gasteiger partial charge in [0.25, 0.3) is 0 Å². The van der Waals surface area contributed by atoms with Crippen molar-refractivity contribution in [2.24, 2.45) is 0 Å². The van der Waals surface area contributed by atoms with Crippen LogP contribution in [0.3, 0.4) is 0 Å². The number of benzene rings is 1. The molecule has 0 spiro atoms. The van der Waals surface area contributed by atoms with Crippen LogP contribution in [-0.4, -0.2) is 46.5 Å². The molecule has 2 aliphatic rings. The fraction of sp³-hybridized carbons (Fsp3) is 0.381. The highest BCUT2D eigenvalue weighted by Crippen LogP contribution is 2.41. The van der Waals surface area contributed by atoms with Crippen molar-refractivity contribution in [3.8, 4) is 0 Å². The zero-order valence-electron chi connectivity index (χ0n) is 16.2. The average Bonchev–Trinajstić information content (AvgIpc) is 3.16. The monoisotopic (exact) mass is 406 g/mol. The van der Waals surface area contributed by atoms with Gasteiger partial charge in [-0.3, -0.25) is 5.10 Å². The van der Waals surface area contributed by atoms with Crippen LogP contribution < -0.4 is 10.2 Å². The summed E-state index contributed by atoms with van der Waals surface area (Å²) in [6.07, 6.45) is 3.72. The van der Waals surface area contributed by atoms with E-state index >= 15 is 0 Å². The number of hydrogen-bond donors (Lipinski definition) is 2. The smallest absolute Gasteiger partial charge is 0.228 e. The van der Waals surface area contributed by atoms with Crippen LogP contribution in [0.15, 0.2) is 30.3 Å². The van der Waals surface area contributed by atoms with Gasteiger partial charge in [-0.25, -0.2) is 4.98 Å². The Morgan fingerprint density at radius 3 is 2.93 bits per heavy atom. The van der Waals surface area contributed by atoms with Gasteiger partial charge in [0, 0.05) is 48.0 Å². The maximum Gasteiger partial charge on any atom is 0.228 e.